The highest BCUT2D eigenvalue weighted by molar-refractivity contribution is 7.80. The Kier molecular flexibility index (Phi) is 11.7. The predicted molar refractivity (Wildman–Crippen MR) is 109 cm³/mol. The number of halogens is 1. The van der Waals surface area contributed by atoms with E-state index in [0.717, 1.165) is 18.5 Å². The zero-order chi connectivity index (χ0) is 18.8. The summed E-state index contributed by atoms with van der Waals surface area (Å²) in [7, 11) is 1.68. The standard InChI is InChI=1S/C16H22N2O2.C2H6N2S.ClH/c1-3-20-16(19)14-10-18-11(2)13(9-17)15(14)12-7-5-4-6-8-12;1-4-2(3)5;/h10,12,15,18H,3-8H2,1-2H3;1H3,(H3,3,4,5);1H/t15-;;/m1../s1. The first-order valence-electron chi connectivity index (χ1n) is 8.67. The summed E-state index contributed by atoms with van der Waals surface area (Å²) in [4.78, 5) is 12.2. The lowest BCUT2D eigenvalue weighted by Crippen LogP contribution is -2.32. The number of nitrogens with two attached hydrogens (primary N) is 1. The van der Waals surface area contributed by atoms with Crippen molar-refractivity contribution < 1.29 is 9.53 Å². The number of rotatable bonds is 3. The Morgan fingerprint density at radius 2 is 2.04 bits per heavy atom. The molecule has 0 aromatic heterocycles. The van der Waals surface area contributed by atoms with Gasteiger partial charge in [0.15, 0.2) is 5.11 Å². The van der Waals surface area contributed by atoms with Crippen LogP contribution in [0.1, 0.15) is 46.0 Å². The number of dihydropyridines is 1. The van der Waals surface area contributed by atoms with Gasteiger partial charge in [0.1, 0.15) is 0 Å². The van der Waals surface area contributed by atoms with Gasteiger partial charge in [-0.05, 0) is 44.8 Å². The van der Waals surface area contributed by atoms with Gasteiger partial charge in [-0.3, -0.25) is 0 Å². The van der Waals surface area contributed by atoms with Gasteiger partial charge in [0.25, 0.3) is 0 Å². The molecule has 26 heavy (non-hydrogen) atoms. The SMILES string of the molecule is CCOC(=O)C1=CNC(C)=C(C#N)[C@H]1C1CCCCC1.CNC(N)=S.Cl. The zero-order valence-electron chi connectivity index (χ0n) is 15.6. The number of hydrogen-bond acceptors (Lipinski definition) is 5. The van der Waals surface area contributed by atoms with Gasteiger partial charge in [-0.1, -0.05) is 19.3 Å². The van der Waals surface area contributed by atoms with Gasteiger partial charge in [0.2, 0.25) is 0 Å². The molecule has 1 fully saturated rings. The minimum atomic E-state index is -0.296. The van der Waals surface area contributed by atoms with E-state index in [1.54, 1.807) is 20.2 Å². The molecule has 146 valence electrons. The number of thiocarbonyl (C=S) groups is 1. The molecule has 2 aliphatic rings. The minimum absolute atomic E-state index is 0. The van der Waals surface area contributed by atoms with Gasteiger partial charge in [-0.25, -0.2) is 4.79 Å². The number of ether oxygens (including phenoxy) is 1. The van der Waals surface area contributed by atoms with Crippen molar-refractivity contribution in [3.8, 4) is 6.07 Å². The third kappa shape index (κ3) is 6.85. The maximum absolute atomic E-state index is 12.2. The van der Waals surface area contributed by atoms with Crippen molar-refractivity contribution in [2.24, 2.45) is 17.6 Å². The third-order valence-electron chi connectivity index (χ3n) is 4.49. The van der Waals surface area contributed by atoms with Crippen molar-refractivity contribution in [3.05, 3.63) is 23.0 Å². The minimum Gasteiger partial charge on any atom is -0.463 e. The molecule has 1 saturated carbocycles. The number of hydrogen-bond donors (Lipinski definition) is 3. The Labute approximate surface area is 167 Å². The van der Waals surface area contributed by atoms with Crippen molar-refractivity contribution in [3.63, 3.8) is 0 Å². The van der Waals surface area contributed by atoms with E-state index in [1.807, 2.05) is 6.92 Å². The molecule has 0 aromatic rings. The first-order valence-corrected chi connectivity index (χ1v) is 9.08. The summed E-state index contributed by atoms with van der Waals surface area (Å²) in [5, 5.41) is 15.4. The molecular formula is C18H29ClN4O2S. The fourth-order valence-corrected chi connectivity index (χ4v) is 3.25. The third-order valence-corrected chi connectivity index (χ3v) is 4.70. The van der Waals surface area contributed by atoms with Crippen LogP contribution in [0.4, 0.5) is 0 Å². The highest BCUT2D eigenvalue weighted by Gasteiger charge is 2.36. The largest absolute Gasteiger partial charge is 0.463 e. The normalized spacial score (nSPS) is 19.5. The smallest absolute Gasteiger partial charge is 0.336 e. The second kappa shape index (κ2) is 12.6. The molecule has 0 radical (unpaired) electrons. The molecule has 0 amide bonds. The molecule has 0 bridgehead atoms. The summed E-state index contributed by atoms with van der Waals surface area (Å²) in [5.74, 6) is -0.0115. The van der Waals surface area contributed by atoms with Gasteiger partial charge in [0, 0.05) is 24.9 Å². The summed E-state index contributed by atoms with van der Waals surface area (Å²) >= 11 is 4.36. The summed E-state index contributed by atoms with van der Waals surface area (Å²) in [6.07, 6.45) is 7.52. The van der Waals surface area contributed by atoms with Crippen molar-refractivity contribution in [1.29, 1.82) is 5.26 Å². The summed E-state index contributed by atoms with van der Waals surface area (Å²) in [6, 6.07) is 2.30. The first-order chi connectivity index (χ1) is 12.0. The molecule has 0 aromatic carbocycles. The Morgan fingerprint density at radius 1 is 1.46 bits per heavy atom. The highest BCUT2D eigenvalue weighted by atomic mass is 35.5. The maximum Gasteiger partial charge on any atom is 0.336 e. The summed E-state index contributed by atoms with van der Waals surface area (Å²) < 4.78 is 5.15. The van der Waals surface area contributed by atoms with Crippen LogP contribution in [0.3, 0.4) is 0 Å². The second-order valence-electron chi connectivity index (χ2n) is 6.10. The van der Waals surface area contributed by atoms with Crippen LogP contribution in [0.25, 0.3) is 0 Å². The van der Waals surface area contributed by atoms with E-state index in [1.165, 1.54) is 19.3 Å². The van der Waals surface area contributed by atoms with E-state index < -0.39 is 0 Å². The van der Waals surface area contributed by atoms with E-state index in [2.05, 4.69) is 28.9 Å². The van der Waals surface area contributed by atoms with Gasteiger partial charge in [-0.2, -0.15) is 5.26 Å². The second-order valence-corrected chi connectivity index (χ2v) is 6.54. The van der Waals surface area contributed by atoms with Crippen LogP contribution in [-0.2, 0) is 9.53 Å². The molecule has 8 heteroatoms. The van der Waals surface area contributed by atoms with Gasteiger partial charge < -0.3 is 21.1 Å². The van der Waals surface area contributed by atoms with Crippen LogP contribution >= 0.6 is 24.6 Å². The Morgan fingerprint density at radius 3 is 2.50 bits per heavy atom. The predicted octanol–water partition coefficient (Wildman–Crippen LogP) is 2.90. The fourth-order valence-electron chi connectivity index (χ4n) is 3.25. The van der Waals surface area contributed by atoms with E-state index in [0.29, 0.717) is 28.8 Å². The van der Waals surface area contributed by atoms with Crippen molar-refractivity contribution in [1.82, 2.24) is 10.6 Å². The van der Waals surface area contributed by atoms with E-state index in [4.69, 9.17) is 10.5 Å². The number of carbonyl (C=O) groups excluding carboxylic acids is 1. The summed E-state index contributed by atoms with van der Waals surface area (Å²) in [6.45, 7) is 4.06. The molecule has 6 nitrogen and oxygen atoms in total. The molecular weight excluding hydrogens is 372 g/mol. The summed E-state index contributed by atoms with van der Waals surface area (Å²) in [5.41, 5.74) is 7.08. The van der Waals surface area contributed by atoms with E-state index in [9.17, 15) is 10.1 Å². The van der Waals surface area contributed by atoms with Crippen molar-refractivity contribution >= 4 is 35.7 Å². The molecule has 0 spiro atoms. The molecule has 4 N–H and O–H groups in total. The maximum atomic E-state index is 12.2. The first kappa shape index (κ1) is 24.2. The number of allylic oxidation sites excluding steroid dienone is 2. The topological polar surface area (TPSA) is 100 Å². The van der Waals surface area contributed by atoms with Crippen LogP contribution in [0.2, 0.25) is 0 Å². The Balaban J connectivity index is 0.000000923. The highest BCUT2D eigenvalue weighted by Crippen LogP contribution is 2.40. The van der Waals surface area contributed by atoms with E-state index >= 15 is 0 Å². The van der Waals surface area contributed by atoms with Crippen LogP contribution in [0.15, 0.2) is 23.0 Å². The lowest BCUT2D eigenvalue weighted by atomic mass is 9.72. The number of nitrogens with zero attached hydrogens (tertiary/aromatic N) is 1. The molecule has 1 aliphatic carbocycles. The number of nitrogens with one attached hydrogen (secondary N) is 2. The van der Waals surface area contributed by atoms with Crippen LogP contribution in [0, 0.1) is 23.2 Å². The van der Waals surface area contributed by atoms with Crippen molar-refractivity contribution in [2.45, 2.75) is 46.0 Å². The lowest BCUT2D eigenvalue weighted by Gasteiger charge is -2.33. The molecule has 1 heterocycles. The Hall–Kier alpha value is -1.78. The van der Waals surface area contributed by atoms with Gasteiger partial charge in [0.05, 0.1) is 23.8 Å². The average molecular weight is 401 g/mol. The molecule has 1 aliphatic heterocycles. The lowest BCUT2D eigenvalue weighted by molar-refractivity contribution is -0.139. The van der Waals surface area contributed by atoms with Crippen LogP contribution in [0.5, 0.6) is 0 Å². The van der Waals surface area contributed by atoms with Crippen molar-refractivity contribution in [2.75, 3.05) is 13.7 Å². The monoisotopic (exact) mass is 400 g/mol. The zero-order valence-corrected chi connectivity index (χ0v) is 17.3. The molecule has 0 unspecified atom stereocenters. The molecule has 1 atom stereocenters. The average Bonchev–Trinajstić information content (AvgIpc) is 2.62. The van der Waals surface area contributed by atoms with Crippen LogP contribution in [-0.4, -0.2) is 24.7 Å². The fraction of sp³-hybridized carbons (Fsp3) is 0.611. The van der Waals surface area contributed by atoms with E-state index in [-0.39, 0.29) is 24.3 Å². The van der Waals surface area contributed by atoms with Crippen LogP contribution < -0.4 is 16.4 Å². The molecule has 2 rings (SSSR count). The molecule has 0 saturated heterocycles. The number of nitriles is 1. The van der Waals surface area contributed by atoms with Gasteiger partial charge >= 0.3 is 5.97 Å². The number of carbonyl (C=O) groups is 1. The quantitative estimate of drug-likeness (QED) is 0.494. The van der Waals surface area contributed by atoms with Gasteiger partial charge in [-0.15, -0.1) is 12.4 Å². The Bertz CT molecular complexity index is 592. The number of esters is 1.